The van der Waals surface area contributed by atoms with Crippen molar-refractivity contribution in [2.24, 2.45) is 32.5 Å². The Kier molecular flexibility index (Phi) is 27.2. The number of nitrogens with zero attached hydrogens (tertiary/aromatic N) is 7. The first-order chi connectivity index (χ1) is 70.6. The molecule has 25 heteroatoms. The largest absolute Gasteiger partial charge is 0.416 e. The maximum atomic E-state index is 14.3. The quantitative estimate of drug-likeness (QED) is 0.0846. The predicted molar refractivity (Wildman–Crippen MR) is 568 cm³/mol. The summed E-state index contributed by atoms with van der Waals surface area (Å²) in [6, 6.07) is 34.7. The highest BCUT2D eigenvalue weighted by Crippen LogP contribution is 2.60. The van der Waals surface area contributed by atoms with E-state index in [1.807, 2.05) is 66.7 Å². The highest BCUT2D eigenvalue weighted by Gasteiger charge is 2.53. The van der Waals surface area contributed by atoms with E-state index in [-0.39, 0.29) is 102 Å². The number of H-pyrrole nitrogens is 6. The van der Waals surface area contributed by atoms with Crippen LogP contribution < -0.4 is 0 Å². The molecule has 24 rings (SSSR count). The molecule has 0 saturated heterocycles. The molecule has 19 nitrogen and oxygen atoms in total. The lowest BCUT2D eigenvalue weighted by Crippen LogP contribution is -2.41. The molecule has 7 aromatic heterocycles. The summed E-state index contributed by atoms with van der Waals surface area (Å²) in [6.45, 7) is 47.6. The Morgan fingerprint density at radius 3 is 1.02 bits per heavy atom. The van der Waals surface area contributed by atoms with Gasteiger partial charge in [-0.2, -0.15) is 43.8 Å². The number of benzene rings is 5. The lowest BCUT2D eigenvalue weighted by molar-refractivity contribution is -0.138. The van der Waals surface area contributed by atoms with Crippen LogP contribution >= 0.6 is 0 Å². The number of Topliss-reactive ketones (excluding diaryl/α,β-unsaturated/α-hetero) is 6. The second-order valence-electron chi connectivity index (χ2n) is 49.4. The van der Waals surface area contributed by atoms with E-state index in [0.717, 1.165) is 217 Å². The lowest BCUT2D eigenvalue weighted by Gasteiger charge is -2.43. The third-order valence-electron chi connectivity index (χ3n) is 33.6. The van der Waals surface area contributed by atoms with Crippen LogP contribution in [0.4, 0.5) is 26.3 Å². The standard InChI is InChI=1S/3C21H23FN2O.2C21H24N2O.C20H20F3N3O/c1-11-7-14(22)5-6-15(11)20-18-12(2)23-24-16(18)8-13-9-21(3,4)10-17(25)19(13)20;1-11-5-6-14(22)8-15(11)20-18-12(2)23-24-16(18)7-13-9-21(3,4)10-17(25)19(13)20;1-11-14(6-5-7-15(11)22)20-18-12(2)23-24-16(18)8-13-9-21(3,4)10-17(25)19(13)20;1-12-7-5-6-8-15(12)20-18-13(2)22-23-16(18)9-14-10-21(3,4)11-17(24)19(14)20;1-13-18-16(23-22-13)10-14-11-20(2,3)12-17(24)19(14)21(18,4)15-8-6-5-7-9-15;1-10-16-14(26-25-10)6-11-7-19(2,3)8-15(27)17(11)18(16)12-9-24-5-4-13(12)20(21,22)23/h5-7,20H,8-10H2,1-4H3,(H,23,24);5-6,8,20H,7,9-10H2,1-4H3,(H,23,24);5-7,20H,8-10H2,1-4H3,(H,23,24);5-8,20H,9-11H2,1-4H3,(H,22,23);5-9H,10-12H2,1-4H3,(H,22,23);4-5,9,18H,6-8H2,1-3H3,(H,25,26). The molecule has 0 saturated carbocycles. The van der Waals surface area contributed by atoms with E-state index in [0.29, 0.717) is 85.3 Å². The Morgan fingerprint density at radius 2 is 0.620 bits per heavy atom. The number of ketones is 6. The first kappa shape index (κ1) is 105. The molecule has 12 aliphatic carbocycles. The number of nitrogens with one attached hydrogen (secondary N) is 6. The second-order valence-corrected chi connectivity index (χ2v) is 49.4. The number of aromatic nitrogens is 13. The van der Waals surface area contributed by atoms with E-state index in [4.69, 9.17) is 0 Å². The van der Waals surface area contributed by atoms with Crippen LogP contribution in [0.15, 0.2) is 195 Å². The van der Waals surface area contributed by atoms with Gasteiger partial charge in [0, 0.05) is 225 Å². The Labute approximate surface area is 874 Å². The molecule has 0 spiro atoms. The summed E-state index contributed by atoms with van der Waals surface area (Å²) < 4.78 is 83.0. The monoisotopic (exact) mass is 2030 g/mol. The van der Waals surface area contributed by atoms with Crippen molar-refractivity contribution in [1.29, 1.82) is 0 Å². The van der Waals surface area contributed by atoms with Gasteiger partial charge in [0.15, 0.2) is 34.7 Å². The summed E-state index contributed by atoms with van der Waals surface area (Å²) in [7, 11) is 0. The van der Waals surface area contributed by atoms with E-state index in [1.54, 1.807) is 38.1 Å². The summed E-state index contributed by atoms with van der Waals surface area (Å²) >= 11 is 0. The number of aromatic amines is 6. The average molecular weight is 2030 g/mol. The van der Waals surface area contributed by atoms with E-state index in [9.17, 15) is 55.1 Å². The first-order valence-corrected chi connectivity index (χ1v) is 52.7. The number of hydrogen-bond donors (Lipinski definition) is 6. The average Bonchev–Trinajstić information content (AvgIpc) is 1.36. The minimum absolute atomic E-state index is 0.0127. The predicted octanol–water partition coefficient (Wildman–Crippen LogP) is 26.8. The molecule has 6 unspecified atom stereocenters. The van der Waals surface area contributed by atoms with Gasteiger partial charge in [0.05, 0.1) is 39.7 Å². The van der Waals surface area contributed by atoms with Gasteiger partial charge in [-0.25, -0.2) is 13.2 Å². The number of carbonyl (C=O) groups excluding carboxylic acids is 6. The highest BCUT2D eigenvalue weighted by molar-refractivity contribution is 6.05. The minimum Gasteiger partial charge on any atom is -0.294 e. The van der Waals surface area contributed by atoms with Crippen molar-refractivity contribution in [3.8, 4) is 0 Å². The van der Waals surface area contributed by atoms with Gasteiger partial charge in [0.25, 0.3) is 0 Å². The topological polar surface area (TPSA) is 287 Å². The van der Waals surface area contributed by atoms with Gasteiger partial charge >= 0.3 is 6.18 Å². The van der Waals surface area contributed by atoms with Crippen LogP contribution in [0.25, 0.3) is 0 Å². The highest BCUT2D eigenvalue weighted by atomic mass is 19.4. The van der Waals surface area contributed by atoms with Crippen molar-refractivity contribution in [2.45, 2.75) is 316 Å². The van der Waals surface area contributed by atoms with Gasteiger partial charge in [-0.1, -0.05) is 195 Å². The maximum absolute atomic E-state index is 14.3. The first-order valence-electron chi connectivity index (χ1n) is 52.7. The molecule has 780 valence electrons. The summed E-state index contributed by atoms with van der Waals surface area (Å²) in [5, 5.41) is 45.4. The lowest BCUT2D eigenvalue weighted by atomic mass is 9.58. The van der Waals surface area contributed by atoms with E-state index < -0.39 is 23.1 Å². The molecule has 0 amide bonds. The number of rotatable bonds is 6. The third kappa shape index (κ3) is 19.5. The molecule has 6 atom stereocenters. The van der Waals surface area contributed by atoms with E-state index in [1.165, 1.54) is 80.1 Å². The Morgan fingerprint density at radius 1 is 0.300 bits per heavy atom. The number of hydrogen-bond acceptors (Lipinski definition) is 13. The Hall–Kier alpha value is -13.5. The second kappa shape index (κ2) is 38.8. The van der Waals surface area contributed by atoms with Gasteiger partial charge in [0.1, 0.15) is 17.5 Å². The fraction of sp³-hybridized carbons (Fsp3) is 0.432. The number of carbonyl (C=O) groups is 6. The molecule has 0 aliphatic heterocycles. The molecule has 0 fully saturated rings. The van der Waals surface area contributed by atoms with Gasteiger partial charge in [-0.3, -0.25) is 64.3 Å². The Bertz CT molecular complexity index is 7700. The summed E-state index contributed by atoms with van der Waals surface area (Å²) in [4.78, 5) is 82.5. The van der Waals surface area contributed by atoms with Crippen molar-refractivity contribution in [1.82, 2.24) is 66.2 Å². The number of allylic oxidation sites excluding steroid dienone is 12. The van der Waals surface area contributed by atoms with Gasteiger partial charge in [-0.05, 0) is 239 Å². The maximum Gasteiger partial charge on any atom is 0.416 e. The summed E-state index contributed by atoms with van der Waals surface area (Å²) in [6.07, 6.45) is 10.7. The number of alkyl halides is 3. The van der Waals surface area contributed by atoms with E-state index in [2.05, 4.69) is 212 Å². The SMILES string of the molecule is Cc1[nH]nc2c1C(C)(c1ccccc1)C1=C(C2)CC(C)(C)CC1=O.Cc1[nH]nc2c1C(c1cccc(F)c1C)C1=C(C2)CC(C)(C)CC1=O.Cc1[nH]nc2c1C(c1cnccc1C(F)(F)F)C1=C(C2)CC(C)(C)CC1=O.Cc1cc(F)ccc1C1C2=C(Cc3n[nH]c(C)c31)CC(C)(C)CC2=O.Cc1ccc(F)cc1C1C2=C(Cc3n[nH]c(C)c31)CC(C)(C)CC2=O.Cc1ccccc1C1C2=C(Cc3n[nH]c(C)c31)CC(C)(C)CC2=O. The fourth-order valence-electron chi connectivity index (χ4n) is 27.8. The van der Waals surface area contributed by atoms with Crippen LogP contribution in [-0.4, -0.2) is 101 Å². The van der Waals surface area contributed by atoms with Crippen molar-refractivity contribution < 1.29 is 55.1 Å². The van der Waals surface area contributed by atoms with Crippen LogP contribution in [-0.2, 0) is 78.9 Å². The van der Waals surface area contributed by atoms with Gasteiger partial charge in [0.2, 0.25) is 0 Å². The minimum atomic E-state index is -4.52. The van der Waals surface area contributed by atoms with Gasteiger partial charge < -0.3 is 0 Å². The molecule has 5 aromatic carbocycles. The molecule has 12 aliphatic rings. The normalized spacial score (nSPS) is 22.6. The zero-order valence-corrected chi connectivity index (χ0v) is 90.6. The van der Waals surface area contributed by atoms with Crippen LogP contribution in [0.3, 0.4) is 0 Å². The van der Waals surface area contributed by atoms with Gasteiger partial charge in [-0.15, -0.1) is 0 Å². The molecule has 150 heavy (non-hydrogen) atoms. The van der Waals surface area contributed by atoms with E-state index >= 15 is 0 Å². The van der Waals surface area contributed by atoms with Crippen molar-refractivity contribution in [3.63, 3.8) is 0 Å². The number of halogens is 6. The van der Waals surface area contributed by atoms with Crippen molar-refractivity contribution in [3.05, 3.63) is 375 Å². The number of pyridine rings is 1. The van der Waals surface area contributed by atoms with Crippen LogP contribution in [0, 0.1) is 119 Å². The van der Waals surface area contributed by atoms with Crippen LogP contribution in [0.2, 0.25) is 0 Å². The number of aryl methyl sites for hydroxylation is 9. The molecule has 0 bridgehead atoms. The molecule has 6 N–H and O–H groups in total. The zero-order valence-electron chi connectivity index (χ0n) is 90.6. The molecular formula is C125H137F6N13O6. The smallest absolute Gasteiger partial charge is 0.294 e. The molecule has 0 radical (unpaired) electrons. The Balaban J connectivity index is 0.000000113. The molecular weight excluding hydrogens is 1890 g/mol. The fourth-order valence-corrected chi connectivity index (χ4v) is 27.8. The van der Waals surface area contributed by atoms with Crippen molar-refractivity contribution >= 4 is 34.7 Å². The third-order valence-corrected chi connectivity index (χ3v) is 33.6. The molecule has 12 aromatic rings. The van der Waals surface area contributed by atoms with Crippen molar-refractivity contribution in [2.75, 3.05) is 0 Å². The number of fused-ring (bicyclic) bond motifs is 6. The van der Waals surface area contributed by atoms with Crippen LogP contribution in [0.1, 0.15) is 360 Å². The zero-order chi connectivity index (χ0) is 108. The molecule has 7 heterocycles. The summed E-state index contributed by atoms with van der Waals surface area (Å²) in [5.74, 6) is -0.862. The van der Waals surface area contributed by atoms with Crippen LogP contribution in [0.5, 0.6) is 0 Å². The summed E-state index contributed by atoms with van der Waals surface area (Å²) in [5.41, 5.74) is 37.9.